The van der Waals surface area contributed by atoms with Gasteiger partial charge in [0, 0.05) is 61.9 Å². The molecule has 0 amide bonds. The minimum Gasteiger partial charge on any atom is -0.381 e. The van der Waals surface area contributed by atoms with Crippen LogP contribution in [-0.2, 0) is 10.9 Å². The van der Waals surface area contributed by atoms with Crippen LogP contribution in [0.15, 0.2) is 42.5 Å². The molecule has 2 saturated heterocycles. The lowest BCUT2D eigenvalue weighted by Crippen LogP contribution is -2.51. The number of nitrogens with one attached hydrogen (secondary N) is 1. The zero-order valence-electron chi connectivity index (χ0n) is 18.5. The Bertz CT molecular complexity index is 876. The average molecular weight is 448 g/mol. The molecule has 5 rings (SSSR count). The Labute approximate surface area is 188 Å². The van der Waals surface area contributed by atoms with Gasteiger partial charge in [-0.05, 0) is 44.5 Å². The van der Waals surface area contributed by atoms with Crippen molar-refractivity contribution in [2.75, 3.05) is 45.1 Å². The maximum Gasteiger partial charge on any atom is 0.416 e. The van der Waals surface area contributed by atoms with E-state index in [0.717, 1.165) is 57.7 Å². The van der Waals surface area contributed by atoms with Crippen LogP contribution in [0.5, 0.6) is 0 Å². The molecule has 174 valence electrons. The van der Waals surface area contributed by atoms with Gasteiger partial charge in [0.1, 0.15) is 0 Å². The van der Waals surface area contributed by atoms with Gasteiger partial charge < -0.3 is 15.0 Å². The van der Waals surface area contributed by atoms with Gasteiger partial charge in [-0.25, -0.2) is 0 Å². The number of benzene rings is 1. The first-order chi connectivity index (χ1) is 15.4. The van der Waals surface area contributed by atoms with Crippen LogP contribution in [0.2, 0.25) is 0 Å². The molecule has 4 aliphatic rings. The number of fused-ring (bicyclic) bond motifs is 3. The minimum absolute atomic E-state index is 0.0580. The van der Waals surface area contributed by atoms with Crippen molar-refractivity contribution in [1.82, 2.24) is 9.80 Å². The molecule has 1 aromatic carbocycles. The fourth-order valence-corrected chi connectivity index (χ4v) is 5.71. The second-order valence-corrected chi connectivity index (χ2v) is 9.71. The summed E-state index contributed by atoms with van der Waals surface area (Å²) in [5, 5.41) is 3.60. The van der Waals surface area contributed by atoms with E-state index in [2.05, 4.69) is 46.5 Å². The van der Waals surface area contributed by atoms with Gasteiger partial charge in [0.25, 0.3) is 0 Å². The Morgan fingerprint density at radius 2 is 1.91 bits per heavy atom. The maximum absolute atomic E-state index is 13.5. The lowest BCUT2D eigenvalue weighted by atomic mass is 9.73. The van der Waals surface area contributed by atoms with Crippen molar-refractivity contribution in [1.29, 1.82) is 0 Å². The van der Waals surface area contributed by atoms with Gasteiger partial charge in [-0.1, -0.05) is 24.3 Å². The molecule has 5 atom stereocenters. The average Bonchev–Trinajstić information content (AvgIpc) is 2.79. The minimum atomic E-state index is -4.35. The summed E-state index contributed by atoms with van der Waals surface area (Å²) in [5.41, 5.74) is 0.854. The number of allylic oxidation sites excluding steroid dienone is 3. The second-order valence-electron chi connectivity index (χ2n) is 9.71. The van der Waals surface area contributed by atoms with Crippen molar-refractivity contribution in [2.45, 2.75) is 43.7 Å². The first-order valence-corrected chi connectivity index (χ1v) is 11.8. The molecule has 3 heterocycles. The third-order valence-electron chi connectivity index (χ3n) is 7.55. The van der Waals surface area contributed by atoms with Crippen LogP contribution < -0.4 is 5.32 Å². The van der Waals surface area contributed by atoms with Crippen molar-refractivity contribution in [3.05, 3.63) is 53.6 Å². The SMILES string of the molecule is CN1CCN(C[C@H]2CC[C@@H]3[C@H](O2)c2cc(C(F)(F)F)ccc2N[C@H]3C2C=CC=CC2)CC1. The molecule has 0 bridgehead atoms. The lowest BCUT2D eigenvalue weighted by Gasteiger charge is -2.48. The zero-order valence-corrected chi connectivity index (χ0v) is 18.5. The third kappa shape index (κ3) is 4.47. The molecule has 1 N–H and O–H groups in total. The van der Waals surface area contributed by atoms with E-state index < -0.39 is 11.7 Å². The van der Waals surface area contributed by atoms with E-state index >= 15 is 0 Å². The summed E-state index contributed by atoms with van der Waals surface area (Å²) in [7, 11) is 2.14. The highest BCUT2D eigenvalue weighted by Crippen LogP contribution is 2.49. The Kier molecular flexibility index (Phi) is 6.07. The topological polar surface area (TPSA) is 27.7 Å². The van der Waals surface area contributed by atoms with Gasteiger partial charge in [-0.2, -0.15) is 13.2 Å². The highest BCUT2D eigenvalue weighted by atomic mass is 19.4. The van der Waals surface area contributed by atoms with Crippen LogP contribution in [0.25, 0.3) is 0 Å². The maximum atomic E-state index is 13.5. The summed E-state index contributed by atoms with van der Waals surface area (Å²) in [4.78, 5) is 4.76. The number of hydrogen-bond acceptors (Lipinski definition) is 4. The highest BCUT2D eigenvalue weighted by Gasteiger charge is 2.45. The summed E-state index contributed by atoms with van der Waals surface area (Å²) >= 11 is 0. The smallest absolute Gasteiger partial charge is 0.381 e. The van der Waals surface area contributed by atoms with Crippen molar-refractivity contribution in [3.8, 4) is 0 Å². The van der Waals surface area contributed by atoms with Gasteiger partial charge in [-0.15, -0.1) is 0 Å². The standard InChI is InChI=1S/C25H32F3N3O/c1-30-11-13-31(14-12-30)16-19-8-9-20-23(17-5-3-2-4-6-17)29-22-10-7-18(25(26,27)28)15-21(22)24(20)32-19/h2-5,7,10,15,17,19-20,23-24,29H,6,8-9,11-14,16H2,1H3/t17?,19-,20+,23+,24+/m1/s1. The third-order valence-corrected chi connectivity index (χ3v) is 7.55. The lowest BCUT2D eigenvalue weighted by molar-refractivity contribution is -0.138. The number of rotatable bonds is 3. The van der Waals surface area contributed by atoms with E-state index in [1.165, 1.54) is 12.1 Å². The van der Waals surface area contributed by atoms with Gasteiger partial charge in [0.15, 0.2) is 0 Å². The molecule has 0 saturated carbocycles. The van der Waals surface area contributed by atoms with Crippen LogP contribution in [0, 0.1) is 11.8 Å². The van der Waals surface area contributed by atoms with E-state index in [1.807, 2.05) is 0 Å². The van der Waals surface area contributed by atoms with E-state index in [1.54, 1.807) is 6.07 Å². The van der Waals surface area contributed by atoms with Crippen molar-refractivity contribution in [3.63, 3.8) is 0 Å². The molecular formula is C25H32F3N3O. The Balaban J connectivity index is 1.40. The van der Waals surface area contributed by atoms with Crippen molar-refractivity contribution >= 4 is 5.69 Å². The van der Waals surface area contributed by atoms with Crippen LogP contribution in [-0.4, -0.2) is 61.7 Å². The van der Waals surface area contributed by atoms with Crippen LogP contribution in [0.3, 0.4) is 0 Å². The fourth-order valence-electron chi connectivity index (χ4n) is 5.71. The van der Waals surface area contributed by atoms with Crippen molar-refractivity contribution < 1.29 is 17.9 Å². The largest absolute Gasteiger partial charge is 0.416 e. The van der Waals surface area contributed by atoms with Crippen LogP contribution >= 0.6 is 0 Å². The molecule has 0 radical (unpaired) electrons. The molecule has 1 aliphatic carbocycles. The number of nitrogens with zero attached hydrogens (tertiary/aromatic N) is 2. The second kappa shape index (κ2) is 8.84. The number of alkyl halides is 3. The number of piperazine rings is 1. The Hall–Kier alpha value is -1.83. The summed E-state index contributed by atoms with van der Waals surface area (Å²) in [6.45, 7) is 4.98. The molecule has 0 spiro atoms. The summed E-state index contributed by atoms with van der Waals surface area (Å²) < 4.78 is 47.1. The first kappa shape index (κ1) is 22.0. The molecule has 2 fully saturated rings. The van der Waals surface area contributed by atoms with E-state index in [9.17, 15) is 13.2 Å². The number of halogens is 3. The predicted octanol–water partition coefficient (Wildman–Crippen LogP) is 4.72. The highest BCUT2D eigenvalue weighted by molar-refractivity contribution is 5.58. The van der Waals surface area contributed by atoms with Crippen LogP contribution in [0.1, 0.15) is 36.5 Å². The number of hydrogen-bond donors (Lipinski definition) is 1. The number of likely N-dealkylation sites (N-methyl/N-ethyl adjacent to an activating group) is 1. The Morgan fingerprint density at radius 3 is 2.62 bits per heavy atom. The molecule has 7 heteroatoms. The summed E-state index contributed by atoms with van der Waals surface area (Å²) in [5.74, 6) is 0.483. The van der Waals surface area contributed by atoms with Crippen molar-refractivity contribution in [2.24, 2.45) is 11.8 Å². The molecule has 1 aromatic rings. The molecular weight excluding hydrogens is 415 g/mol. The summed E-state index contributed by atoms with van der Waals surface area (Å²) in [6.07, 6.45) is 6.79. The normalized spacial score (nSPS) is 33.4. The predicted molar refractivity (Wildman–Crippen MR) is 120 cm³/mol. The molecule has 3 aliphatic heterocycles. The fraction of sp³-hybridized carbons (Fsp3) is 0.600. The molecule has 32 heavy (non-hydrogen) atoms. The van der Waals surface area contributed by atoms with Gasteiger partial charge in [0.05, 0.1) is 17.8 Å². The number of anilines is 1. The van der Waals surface area contributed by atoms with E-state index in [0.29, 0.717) is 11.5 Å². The van der Waals surface area contributed by atoms with Gasteiger partial charge >= 0.3 is 6.18 Å². The number of ether oxygens (including phenoxy) is 1. The Morgan fingerprint density at radius 1 is 1.09 bits per heavy atom. The van der Waals surface area contributed by atoms with Gasteiger partial charge in [-0.3, -0.25) is 4.90 Å². The molecule has 1 unspecified atom stereocenters. The quantitative estimate of drug-likeness (QED) is 0.726. The zero-order chi connectivity index (χ0) is 22.3. The van der Waals surface area contributed by atoms with Crippen LogP contribution in [0.4, 0.5) is 18.9 Å². The molecule has 0 aromatic heterocycles. The first-order valence-electron chi connectivity index (χ1n) is 11.8. The van der Waals surface area contributed by atoms with E-state index in [4.69, 9.17) is 4.74 Å². The monoisotopic (exact) mass is 447 g/mol. The summed E-state index contributed by atoms with van der Waals surface area (Å²) in [6, 6.07) is 4.25. The molecule has 4 nitrogen and oxygen atoms in total. The van der Waals surface area contributed by atoms with E-state index in [-0.39, 0.29) is 24.2 Å². The van der Waals surface area contributed by atoms with Gasteiger partial charge in [0.2, 0.25) is 0 Å².